The highest BCUT2D eigenvalue weighted by Gasteiger charge is 2.32. The average Bonchev–Trinajstić information content (AvgIpc) is 2.46. The molecule has 2 rings (SSSR count). The van der Waals surface area contributed by atoms with E-state index in [2.05, 4.69) is 5.32 Å². The normalized spacial score (nSPS) is 12.7. The molecule has 23 heavy (non-hydrogen) atoms. The van der Waals surface area contributed by atoms with Crippen LogP contribution in [0.1, 0.15) is 40.1 Å². The Balaban J connectivity index is 2.22. The fourth-order valence-electron chi connectivity index (χ4n) is 2.24. The highest BCUT2D eigenvalue weighted by Crippen LogP contribution is 2.26. The summed E-state index contributed by atoms with van der Waals surface area (Å²) < 4.78 is 37.5. The van der Waals surface area contributed by atoms with E-state index in [1.807, 2.05) is 31.2 Å². The third-order valence-electron chi connectivity index (χ3n) is 3.46. The number of carbonyl (C=O) groups is 1. The lowest BCUT2D eigenvalue weighted by atomic mass is 10.0. The molecule has 0 saturated heterocycles. The molecule has 1 heterocycles. The number of carbonyl (C=O) groups excluding carboxylic acids is 1. The summed E-state index contributed by atoms with van der Waals surface area (Å²) in [7, 11) is 0. The van der Waals surface area contributed by atoms with Gasteiger partial charge in [0.15, 0.2) is 0 Å². The Hall–Kier alpha value is -2.57. The van der Waals surface area contributed by atoms with Gasteiger partial charge >= 0.3 is 6.18 Å². The summed E-state index contributed by atoms with van der Waals surface area (Å²) in [6.07, 6.45) is -4.66. The van der Waals surface area contributed by atoms with Gasteiger partial charge in [-0.15, -0.1) is 0 Å². The summed E-state index contributed by atoms with van der Waals surface area (Å²) in [6.45, 7) is 3.61. The summed E-state index contributed by atoms with van der Waals surface area (Å²) in [6, 6.07) is 8.55. The molecule has 1 aromatic heterocycles. The molecule has 0 spiro atoms. The van der Waals surface area contributed by atoms with Crippen LogP contribution in [0.15, 0.2) is 41.2 Å². The molecule has 2 N–H and O–H groups in total. The number of aryl methyl sites for hydroxylation is 1. The van der Waals surface area contributed by atoms with Gasteiger partial charge in [-0.1, -0.05) is 24.3 Å². The molecule has 0 bridgehead atoms. The van der Waals surface area contributed by atoms with Gasteiger partial charge in [0.1, 0.15) is 11.3 Å². The highest BCUT2D eigenvalue weighted by atomic mass is 19.4. The fourth-order valence-corrected chi connectivity index (χ4v) is 2.24. The first-order valence-corrected chi connectivity index (χ1v) is 6.87. The Labute approximate surface area is 130 Å². The number of amides is 1. The number of alkyl halides is 3. The number of rotatable bonds is 3. The number of H-pyrrole nitrogens is 1. The van der Waals surface area contributed by atoms with E-state index in [9.17, 15) is 22.8 Å². The van der Waals surface area contributed by atoms with E-state index in [1.54, 1.807) is 11.9 Å². The zero-order valence-corrected chi connectivity index (χ0v) is 12.5. The summed E-state index contributed by atoms with van der Waals surface area (Å²) in [4.78, 5) is 25.5. The number of benzene rings is 1. The van der Waals surface area contributed by atoms with Crippen LogP contribution in [0.3, 0.4) is 0 Å². The second-order valence-electron chi connectivity index (χ2n) is 5.16. The van der Waals surface area contributed by atoms with Gasteiger partial charge < -0.3 is 10.3 Å². The van der Waals surface area contributed by atoms with Crippen molar-refractivity contribution in [2.24, 2.45) is 0 Å². The minimum Gasteiger partial charge on any atom is -0.345 e. The number of nitrogens with one attached hydrogen (secondary N) is 2. The molecule has 0 aliphatic heterocycles. The largest absolute Gasteiger partial charge is 0.431 e. The number of halogens is 3. The Morgan fingerprint density at radius 2 is 1.83 bits per heavy atom. The van der Waals surface area contributed by atoms with Crippen molar-refractivity contribution in [3.63, 3.8) is 0 Å². The molecule has 0 aliphatic rings. The zero-order chi connectivity index (χ0) is 17.2. The quantitative estimate of drug-likeness (QED) is 0.911. The molecule has 1 atom stereocenters. The Morgan fingerprint density at radius 1 is 1.17 bits per heavy atom. The van der Waals surface area contributed by atoms with E-state index >= 15 is 0 Å². The maximum atomic E-state index is 12.5. The molecule has 1 aromatic carbocycles. The molecule has 4 nitrogen and oxygen atoms in total. The second-order valence-corrected chi connectivity index (χ2v) is 5.16. The van der Waals surface area contributed by atoms with Crippen LogP contribution in [0.25, 0.3) is 0 Å². The van der Waals surface area contributed by atoms with E-state index in [4.69, 9.17) is 0 Å². The minimum atomic E-state index is -4.66. The van der Waals surface area contributed by atoms with Gasteiger partial charge in [0.2, 0.25) is 0 Å². The van der Waals surface area contributed by atoms with Crippen LogP contribution in [-0.2, 0) is 6.18 Å². The first kappa shape index (κ1) is 16.8. The van der Waals surface area contributed by atoms with E-state index < -0.39 is 23.3 Å². The Kier molecular flexibility index (Phi) is 4.58. The molecule has 0 unspecified atom stereocenters. The van der Waals surface area contributed by atoms with E-state index in [0.717, 1.165) is 17.2 Å². The van der Waals surface area contributed by atoms with Crippen molar-refractivity contribution < 1.29 is 18.0 Å². The standard InChI is InChI=1S/C16H15F3N2O2/c1-9-5-3-4-6-11(9)10(2)20-14(22)12-7-8-13(16(17,18)19)21-15(12)23/h3-8,10H,1-2H3,(H,20,22)(H,21,23)/t10-/m0/s1. The first-order valence-electron chi connectivity index (χ1n) is 6.87. The van der Waals surface area contributed by atoms with Gasteiger partial charge in [0, 0.05) is 0 Å². The maximum absolute atomic E-state index is 12.5. The van der Waals surface area contributed by atoms with Crippen molar-refractivity contribution in [2.75, 3.05) is 0 Å². The summed E-state index contributed by atoms with van der Waals surface area (Å²) in [5.74, 6) is -0.726. The van der Waals surface area contributed by atoms with Crippen molar-refractivity contribution in [2.45, 2.75) is 26.1 Å². The predicted molar refractivity (Wildman–Crippen MR) is 79.1 cm³/mol. The molecular weight excluding hydrogens is 309 g/mol. The van der Waals surface area contributed by atoms with Crippen LogP contribution in [0.4, 0.5) is 13.2 Å². The number of aromatic nitrogens is 1. The van der Waals surface area contributed by atoms with Crippen LogP contribution in [0, 0.1) is 6.92 Å². The van der Waals surface area contributed by atoms with Crippen LogP contribution < -0.4 is 10.9 Å². The topological polar surface area (TPSA) is 62.0 Å². The third-order valence-corrected chi connectivity index (χ3v) is 3.46. The maximum Gasteiger partial charge on any atom is 0.431 e. The van der Waals surface area contributed by atoms with Crippen molar-refractivity contribution in [1.82, 2.24) is 10.3 Å². The van der Waals surface area contributed by atoms with Crippen LogP contribution in [-0.4, -0.2) is 10.9 Å². The van der Waals surface area contributed by atoms with Crippen LogP contribution >= 0.6 is 0 Å². The van der Waals surface area contributed by atoms with Crippen molar-refractivity contribution in [3.05, 3.63) is 69.1 Å². The molecule has 0 aliphatic carbocycles. The van der Waals surface area contributed by atoms with Gasteiger partial charge in [-0.2, -0.15) is 13.2 Å². The second kappa shape index (κ2) is 6.28. The molecule has 0 radical (unpaired) electrons. The van der Waals surface area contributed by atoms with Gasteiger partial charge in [-0.05, 0) is 37.1 Å². The van der Waals surface area contributed by atoms with Gasteiger partial charge in [-0.3, -0.25) is 9.59 Å². The number of pyridine rings is 1. The van der Waals surface area contributed by atoms with Gasteiger partial charge in [0.05, 0.1) is 6.04 Å². The molecule has 0 saturated carbocycles. The lowest BCUT2D eigenvalue weighted by molar-refractivity contribution is -0.141. The Morgan fingerprint density at radius 3 is 2.39 bits per heavy atom. The van der Waals surface area contributed by atoms with E-state index in [1.165, 1.54) is 0 Å². The Bertz CT molecular complexity index is 781. The molecular formula is C16H15F3N2O2. The highest BCUT2D eigenvalue weighted by molar-refractivity contribution is 5.94. The lowest BCUT2D eigenvalue weighted by Crippen LogP contribution is -2.32. The zero-order valence-electron chi connectivity index (χ0n) is 12.5. The van der Waals surface area contributed by atoms with E-state index in [-0.39, 0.29) is 11.6 Å². The fraction of sp³-hybridized carbons (Fsp3) is 0.250. The van der Waals surface area contributed by atoms with E-state index in [0.29, 0.717) is 6.07 Å². The monoisotopic (exact) mass is 324 g/mol. The molecule has 2 aromatic rings. The van der Waals surface area contributed by atoms with Crippen molar-refractivity contribution >= 4 is 5.91 Å². The third kappa shape index (κ3) is 3.80. The first-order chi connectivity index (χ1) is 10.7. The molecule has 1 amide bonds. The molecule has 0 fully saturated rings. The van der Waals surface area contributed by atoms with Crippen LogP contribution in [0.2, 0.25) is 0 Å². The molecule has 122 valence electrons. The van der Waals surface area contributed by atoms with Gasteiger partial charge in [-0.25, -0.2) is 0 Å². The lowest BCUT2D eigenvalue weighted by Gasteiger charge is -2.16. The summed E-state index contributed by atoms with van der Waals surface area (Å²) >= 11 is 0. The van der Waals surface area contributed by atoms with Crippen LogP contribution in [0.5, 0.6) is 0 Å². The SMILES string of the molecule is Cc1ccccc1[C@H](C)NC(=O)c1ccc(C(F)(F)F)[nH]c1=O. The van der Waals surface area contributed by atoms with Gasteiger partial charge in [0.25, 0.3) is 11.5 Å². The van der Waals surface area contributed by atoms with Crippen molar-refractivity contribution in [3.8, 4) is 0 Å². The summed E-state index contributed by atoms with van der Waals surface area (Å²) in [5.41, 5.74) is -0.801. The number of hydrogen-bond donors (Lipinski definition) is 2. The molecule has 7 heteroatoms. The smallest absolute Gasteiger partial charge is 0.345 e. The minimum absolute atomic E-state index is 0.363. The van der Waals surface area contributed by atoms with Crippen molar-refractivity contribution in [1.29, 1.82) is 0 Å². The number of aromatic amines is 1. The average molecular weight is 324 g/mol. The predicted octanol–water partition coefficient (Wildman–Crippen LogP) is 3.19. The summed E-state index contributed by atoms with van der Waals surface area (Å²) in [5, 5.41) is 2.61. The number of hydrogen-bond acceptors (Lipinski definition) is 2.